The quantitative estimate of drug-likeness (QED) is 0.488. The summed E-state index contributed by atoms with van der Waals surface area (Å²) in [4.78, 5) is 8.66. The molecule has 5 heterocycles. The number of halogens is 1. The first kappa shape index (κ1) is 15.9. The van der Waals surface area contributed by atoms with Crippen LogP contribution >= 0.6 is 0 Å². The van der Waals surface area contributed by atoms with Gasteiger partial charge in [-0.05, 0) is 18.1 Å². The van der Waals surface area contributed by atoms with Gasteiger partial charge in [-0.1, -0.05) is 5.16 Å². The molecule has 0 saturated carbocycles. The van der Waals surface area contributed by atoms with Gasteiger partial charge in [0, 0.05) is 43.1 Å². The van der Waals surface area contributed by atoms with Crippen LogP contribution in [-0.2, 0) is 6.42 Å². The van der Waals surface area contributed by atoms with Crippen LogP contribution in [0.4, 0.5) is 0 Å². The molecule has 1 atom stereocenters. The molecule has 0 amide bonds. The topological polar surface area (TPSA) is 51.8 Å². The Bertz CT molecular complexity index is 622. The largest absolute Gasteiger partial charge is 1.00 e. The van der Waals surface area contributed by atoms with Crippen molar-refractivity contribution in [3.8, 4) is 11.4 Å². The average Bonchev–Trinajstić information content (AvgIpc) is 2.97. The Kier molecular flexibility index (Phi) is 4.49. The van der Waals surface area contributed by atoms with Crippen molar-refractivity contribution in [2.24, 2.45) is 11.8 Å². The SMILES string of the molecule is C[N+]12CCC(CC1)C(Cc1nc(-c3cccnc3)no1)C2.[I-]. The van der Waals surface area contributed by atoms with Crippen molar-refractivity contribution < 1.29 is 33.0 Å². The van der Waals surface area contributed by atoms with Gasteiger partial charge in [0.2, 0.25) is 11.7 Å². The van der Waals surface area contributed by atoms with E-state index in [0.29, 0.717) is 11.7 Å². The highest BCUT2D eigenvalue weighted by atomic mass is 127. The monoisotopic (exact) mass is 412 g/mol. The van der Waals surface area contributed by atoms with Crippen molar-refractivity contribution in [3.05, 3.63) is 30.4 Å². The maximum atomic E-state index is 5.47. The molecular weight excluding hydrogens is 391 g/mol. The van der Waals surface area contributed by atoms with Gasteiger partial charge >= 0.3 is 0 Å². The summed E-state index contributed by atoms with van der Waals surface area (Å²) < 4.78 is 6.69. The zero-order valence-corrected chi connectivity index (χ0v) is 14.9. The number of quaternary nitrogens is 1. The van der Waals surface area contributed by atoms with E-state index in [1.165, 1.54) is 37.0 Å². The van der Waals surface area contributed by atoms with Crippen molar-refractivity contribution in [2.75, 3.05) is 26.7 Å². The van der Waals surface area contributed by atoms with Crippen molar-refractivity contribution >= 4 is 0 Å². The minimum atomic E-state index is 0. The number of piperidine rings is 3. The van der Waals surface area contributed by atoms with Gasteiger partial charge in [0.25, 0.3) is 0 Å². The summed E-state index contributed by atoms with van der Waals surface area (Å²) in [5.74, 6) is 2.97. The minimum Gasteiger partial charge on any atom is -1.00 e. The minimum absolute atomic E-state index is 0. The van der Waals surface area contributed by atoms with Gasteiger partial charge in [-0.2, -0.15) is 4.98 Å². The van der Waals surface area contributed by atoms with Crippen LogP contribution in [0.15, 0.2) is 29.0 Å². The number of hydrogen-bond acceptors (Lipinski definition) is 4. The number of pyridine rings is 1. The lowest BCUT2D eigenvalue weighted by Crippen LogP contribution is -3.00. The Labute approximate surface area is 147 Å². The summed E-state index contributed by atoms with van der Waals surface area (Å²) >= 11 is 0. The van der Waals surface area contributed by atoms with E-state index < -0.39 is 0 Å². The number of rotatable bonds is 3. The zero-order valence-electron chi connectivity index (χ0n) is 12.8. The molecule has 3 fully saturated rings. The lowest BCUT2D eigenvalue weighted by molar-refractivity contribution is -0.929. The molecule has 3 saturated heterocycles. The Hall–Kier alpha value is -1.02. The number of fused-ring (bicyclic) bond motifs is 3. The first-order chi connectivity index (χ1) is 10.2. The fraction of sp³-hybridized carbons (Fsp3) is 0.562. The summed E-state index contributed by atoms with van der Waals surface area (Å²) in [6.07, 6.45) is 7.15. The second-order valence-corrected chi connectivity index (χ2v) is 6.80. The van der Waals surface area contributed by atoms with Crippen LogP contribution in [0, 0.1) is 11.8 Å². The van der Waals surface area contributed by atoms with Crippen LogP contribution in [0.5, 0.6) is 0 Å². The molecule has 5 nitrogen and oxygen atoms in total. The molecule has 5 rings (SSSR count). The van der Waals surface area contributed by atoms with Gasteiger partial charge in [0.05, 0.1) is 26.7 Å². The van der Waals surface area contributed by atoms with Gasteiger partial charge in [-0.25, -0.2) is 0 Å². The Morgan fingerprint density at radius 2 is 2.14 bits per heavy atom. The molecule has 118 valence electrons. The van der Waals surface area contributed by atoms with E-state index in [4.69, 9.17) is 4.52 Å². The van der Waals surface area contributed by atoms with E-state index in [0.717, 1.165) is 23.8 Å². The molecule has 0 aliphatic carbocycles. The number of nitrogens with zero attached hydrogens (tertiary/aromatic N) is 4. The van der Waals surface area contributed by atoms with Gasteiger partial charge < -0.3 is 33.0 Å². The third-order valence-corrected chi connectivity index (χ3v) is 5.25. The molecule has 6 heteroatoms. The summed E-state index contributed by atoms with van der Waals surface area (Å²) in [5.41, 5.74) is 0.917. The molecule has 2 bridgehead atoms. The molecule has 0 N–H and O–H groups in total. The van der Waals surface area contributed by atoms with Gasteiger partial charge in [0.15, 0.2) is 0 Å². The molecule has 3 aliphatic rings. The Morgan fingerprint density at radius 3 is 2.82 bits per heavy atom. The van der Waals surface area contributed by atoms with Crippen LogP contribution in [0.2, 0.25) is 0 Å². The number of aromatic nitrogens is 3. The third-order valence-electron chi connectivity index (χ3n) is 5.25. The predicted molar refractivity (Wildman–Crippen MR) is 78.2 cm³/mol. The molecule has 2 aromatic rings. The van der Waals surface area contributed by atoms with E-state index in [1.807, 2.05) is 12.1 Å². The second kappa shape index (κ2) is 6.23. The fourth-order valence-electron chi connectivity index (χ4n) is 3.99. The van der Waals surface area contributed by atoms with Crippen LogP contribution in [0.25, 0.3) is 11.4 Å². The molecule has 3 aliphatic heterocycles. The van der Waals surface area contributed by atoms with E-state index in [9.17, 15) is 0 Å². The zero-order chi connectivity index (χ0) is 14.3. The van der Waals surface area contributed by atoms with E-state index in [-0.39, 0.29) is 24.0 Å². The lowest BCUT2D eigenvalue weighted by atomic mass is 9.76. The highest BCUT2D eigenvalue weighted by Gasteiger charge is 2.43. The second-order valence-electron chi connectivity index (χ2n) is 6.80. The molecule has 0 radical (unpaired) electrons. The molecule has 0 spiro atoms. The highest BCUT2D eigenvalue weighted by molar-refractivity contribution is 5.51. The summed E-state index contributed by atoms with van der Waals surface area (Å²) in [6, 6.07) is 3.85. The van der Waals surface area contributed by atoms with Crippen molar-refractivity contribution in [1.82, 2.24) is 15.1 Å². The maximum absolute atomic E-state index is 5.47. The average molecular weight is 412 g/mol. The van der Waals surface area contributed by atoms with Gasteiger partial charge in [-0.15, -0.1) is 0 Å². The summed E-state index contributed by atoms with van der Waals surface area (Å²) in [6.45, 7) is 3.94. The molecule has 22 heavy (non-hydrogen) atoms. The molecular formula is C16H21IN4O. The van der Waals surface area contributed by atoms with Crippen molar-refractivity contribution in [1.29, 1.82) is 0 Å². The fourth-order valence-corrected chi connectivity index (χ4v) is 3.99. The smallest absolute Gasteiger partial charge is 0.227 e. The Morgan fingerprint density at radius 1 is 1.32 bits per heavy atom. The van der Waals surface area contributed by atoms with E-state index in [1.54, 1.807) is 12.4 Å². The molecule has 2 aromatic heterocycles. The van der Waals surface area contributed by atoms with Crippen molar-refractivity contribution in [2.45, 2.75) is 19.3 Å². The maximum Gasteiger partial charge on any atom is 0.227 e. The highest BCUT2D eigenvalue weighted by Crippen LogP contribution is 2.37. The third kappa shape index (κ3) is 3.03. The normalized spacial score (nSPS) is 30.0. The molecule has 0 aromatic carbocycles. The van der Waals surface area contributed by atoms with Crippen LogP contribution < -0.4 is 24.0 Å². The van der Waals surface area contributed by atoms with E-state index in [2.05, 4.69) is 22.2 Å². The first-order valence-electron chi connectivity index (χ1n) is 7.78. The summed E-state index contributed by atoms with van der Waals surface area (Å²) in [5, 5.41) is 4.10. The predicted octanol–water partition coefficient (Wildman–Crippen LogP) is -0.835. The van der Waals surface area contributed by atoms with Gasteiger partial charge in [0.1, 0.15) is 0 Å². The lowest BCUT2D eigenvalue weighted by Gasteiger charge is -2.50. The molecule has 1 unspecified atom stereocenters. The Balaban J connectivity index is 0.00000144. The van der Waals surface area contributed by atoms with Crippen molar-refractivity contribution in [3.63, 3.8) is 0 Å². The van der Waals surface area contributed by atoms with Crippen LogP contribution in [-0.4, -0.2) is 46.3 Å². The van der Waals surface area contributed by atoms with Crippen LogP contribution in [0.3, 0.4) is 0 Å². The standard InChI is InChI=1S/C16H21N4O.HI/c1-20-7-4-12(5-8-20)14(11-20)9-15-18-16(19-21-15)13-3-2-6-17-10-13;/h2-3,6,10,12,14H,4-5,7-9,11H2,1H3;1H/q+1;/p-1. The first-order valence-corrected chi connectivity index (χ1v) is 7.78. The summed E-state index contributed by atoms with van der Waals surface area (Å²) in [7, 11) is 2.39. The van der Waals surface area contributed by atoms with Gasteiger partial charge in [-0.3, -0.25) is 4.98 Å². The van der Waals surface area contributed by atoms with E-state index >= 15 is 0 Å². The van der Waals surface area contributed by atoms with Crippen LogP contribution in [0.1, 0.15) is 18.7 Å². The number of hydrogen-bond donors (Lipinski definition) is 0.